The first kappa shape index (κ1) is 17.1. The lowest BCUT2D eigenvalue weighted by Gasteiger charge is -2.05. The van der Waals surface area contributed by atoms with Gasteiger partial charge in [0, 0.05) is 6.54 Å². The van der Waals surface area contributed by atoms with Gasteiger partial charge in [-0.15, -0.1) is 0 Å². The largest absolute Gasteiger partial charge is 0.466 e. The number of carbonyl (C=O) groups excluding carboxylic acids is 2. The van der Waals surface area contributed by atoms with E-state index >= 15 is 0 Å². The molecule has 0 radical (unpaired) electrons. The van der Waals surface area contributed by atoms with Crippen LogP contribution in [0.2, 0.25) is 0 Å². The van der Waals surface area contributed by atoms with E-state index in [1.807, 2.05) is 0 Å². The second kappa shape index (κ2) is 7.43. The molecule has 3 aromatic rings. The van der Waals surface area contributed by atoms with Crippen LogP contribution >= 0.6 is 11.3 Å². The van der Waals surface area contributed by atoms with Crippen LogP contribution in [0, 0.1) is 5.82 Å². The minimum atomic E-state index is -0.540. The summed E-state index contributed by atoms with van der Waals surface area (Å²) in [6.45, 7) is 2.30. The highest BCUT2D eigenvalue weighted by Crippen LogP contribution is 2.19. The Labute approximate surface area is 146 Å². The topological polar surface area (TPSA) is 73.8 Å². The number of aryl methyl sites for hydroxylation is 1. The van der Waals surface area contributed by atoms with Crippen molar-refractivity contribution in [2.45, 2.75) is 19.9 Å². The van der Waals surface area contributed by atoms with Gasteiger partial charge in [0.1, 0.15) is 5.82 Å². The Balaban J connectivity index is 2.02. The Kier molecular flexibility index (Phi) is 5.08. The second-order valence-electron chi connectivity index (χ2n) is 5.10. The normalized spacial score (nSPS) is 11.8. The van der Waals surface area contributed by atoms with Gasteiger partial charge in [0.2, 0.25) is 0 Å². The number of nitrogens with zero attached hydrogens (tertiary/aromatic N) is 2. The van der Waals surface area contributed by atoms with Gasteiger partial charge in [-0.25, -0.2) is 4.39 Å². The molecule has 0 aliphatic carbocycles. The van der Waals surface area contributed by atoms with E-state index in [1.54, 1.807) is 23.6 Å². The van der Waals surface area contributed by atoms with Crippen LogP contribution in [-0.4, -0.2) is 23.1 Å². The van der Waals surface area contributed by atoms with E-state index in [0.717, 1.165) is 0 Å². The van der Waals surface area contributed by atoms with E-state index < -0.39 is 5.91 Å². The molecule has 3 rings (SSSR count). The van der Waals surface area contributed by atoms with Crippen molar-refractivity contribution in [3.8, 4) is 0 Å². The maximum Gasteiger partial charge on any atom is 0.315 e. The zero-order valence-corrected chi connectivity index (χ0v) is 14.2. The molecule has 0 saturated carbocycles. The molecule has 25 heavy (non-hydrogen) atoms. The molecule has 0 atom stereocenters. The first-order valence-electron chi connectivity index (χ1n) is 7.65. The third-order valence-corrected chi connectivity index (χ3v) is 4.46. The third kappa shape index (κ3) is 3.85. The highest BCUT2D eigenvalue weighted by molar-refractivity contribution is 7.16. The molecule has 1 aromatic carbocycles. The lowest BCUT2D eigenvalue weighted by atomic mass is 10.3. The minimum Gasteiger partial charge on any atom is -0.466 e. The predicted octanol–water partition coefficient (Wildman–Crippen LogP) is 3.13. The zero-order valence-electron chi connectivity index (χ0n) is 13.4. The van der Waals surface area contributed by atoms with E-state index in [-0.39, 0.29) is 30.5 Å². The van der Waals surface area contributed by atoms with Gasteiger partial charge < -0.3 is 13.7 Å². The van der Waals surface area contributed by atoms with Gasteiger partial charge >= 0.3 is 11.9 Å². The number of benzene rings is 1. The first-order valence-corrected chi connectivity index (χ1v) is 8.47. The summed E-state index contributed by atoms with van der Waals surface area (Å²) < 4.78 is 25.8. The fraction of sp³-hybridized carbons (Fsp3) is 0.235. The molecule has 2 heterocycles. The Morgan fingerprint density at radius 2 is 2.20 bits per heavy atom. The fourth-order valence-corrected chi connectivity index (χ4v) is 3.41. The number of esters is 1. The van der Waals surface area contributed by atoms with E-state index in [4.69, 9.17) is 9.15 Å². The fourth-order valence-electron chi connectivity index (χ4n) is 2.33. The van der Waals surface area contributed by atoms with Crippen molar-refractivity contribution in [3.05, 3.63) is 53.0 Å². The molecule has 0 aliphatic rings. The number of hydrogen-bond donors (Lipinski definition) is 0. The number of carbonyl (C=O) groups is 2. The molecule has 0 bridgehead atoms. The molecule has 0 N–H and O–H groups in total. The molecule has 130 valence electrons. The summed E-state index contributed by atoms with van der Waals surface area (Å²) in [5.41, 5.74) is 0.696. The summed E-state index contributed by atoms with van der Waals surface area (Å²) in [4.78, 5) is 28.3. The average molecular weight is 362 g/mol. The summed E-state index contributed by atoms with van der Waals surface area (Å²) in [6, 6.07) is 7.41. The van der Waals surface area contributed by atoms with Gasteiger partial charge in [0.25, 0.3) is 0 Å². The highest BCUT2D eigenvalue weighted by atomic mass is 32.1. The van der Waals surface area contributed by atoms with Gasteiger partial charge in [0.05, 0.1) is 29.5 Å². The van der Waals surface area contributed by atoms with Crippen molar-refractivity contribution >= 4 is 33.4 Å². The Morgan fingerprint density at radius 1 is 1.36 bits per heavy atom. The van der Waals surface area contributed by atoms with Crippen molar-refractivity contribution in [3.63, 3.8) is 0 Å². The van der Waals surface area contributed by atoms with Gasteiger partial charge in [-0.3, -0.25) is 9.59 Å². The number of halogens is 1. The summed E-state index contributed by atoms with van der Waals surface area (Å²) in [6.07, 6.45) is 1.51. The smallest absolute Gasteiger partial charge is 0.315 e. The maximum absolute atomic E-state index is 13.5. The van der Waals surface area contributed by atoms with Crippen LogP contribution in [0.25, 0.3) is 10.2 Å². The van der Waals surface area contributed by atoms with Crippen LogP contribution in [0.5, 0.6) is 0 Å². The summed E-state index contributed by atoms with van der Waals surface area (Å²) >= 11 is 1.17. The molecule has 0 saturated heterocycles. The van der Waals surface area contributed by atoms with E-state index in [9.17, 15) is 14.0 Å². The van der Waals surface area contributed by atoms with Crippen LogP contribution < -0.4 is 4.80 Å². The van der Waals surface area contributed by atoms with Gasteiger partial charge in [-0.1, -0.05) is 11.3 Å². The van der Waals surface area contributed by atoms with Crippen molar-refractivity contribution < 1.29 is 23.1 Å². The number of furan rings is 1. The Hall–Kier alpha value is -2.74. The van der Waals surface area contributed by atoms with Crippen LogP contribution in [0.3, 0.4) is 0 Å². The van der Waals surface area contributed by atoms with E-state index in [2.05, 4.69) is 4.99 Å². The SMILES string of the molecule is CCOC(=O)CCn1c(=NC(=O)c2ccco2)sc2cc(F)ccc21. The van der Waals surface area contributed by atoms with Crippen LogP contribution in [0.1, 0.15) is 23.9 Å². The van der Waals surface area contributed by atoms with Crippen LogP contribution in [-0.2, 0) is 16.1 Å². The number of amides is 1. The molecular formula is C17H15FN2O4S. The molecule has 6 nitrogen and oxygen atoms in total. The Bertz CT molecular complexity index is 972. The zero-order chi connectivity index (χ0) is 17.8. The van der Waals surface area contributed by atoms with Gasteiger partial charge in [-0.2, -0.15) is 4.99 Å². The number of ether oxygens (including phenoxy) is 1. The summed E-state index contributed by atoms with van der Waals surface area (Å²) in [7, 11) is 0. The molecule has 0 aliphatic heterocycles. The molecular weight excluding hydrogens is 347 g/mol. The minimum absolute atomic E-state index is 0.112. The van der Waals surface area contributed by atoms with Crippen molar-refractivity contribution in [1.29, 1.82) is 0 Å². The standard InChI is InChI=1S/C17H15FN2O4S/c1-2-23-15(21)7-8-20-12-6-5-11(18)10-14(12)25-17(20)19-16(22)13-4-3-9-24-13/h3-6,9-10H,2,7-8H2,1H3. The number of hydrogen-bond acceptors (Lipinski definition) is 5. The number of thiazole rings is 1. The van der Waals surface area contributed by atoms with Crippen molar-refractivity contribution in [2.24, 2.45) is 4.99 Å². The molecule has 0 unspecified atom stereocenters. The summed E-state index contributed by atoms with van der Waals surface area (Å²) in [5, 5.41) is 0. The first-order chi connectivity index (χ1) is 12.1. The molecule has 2 aromatic heterocycles. The quantitative estimate of drug-likeness (QED) is 0.654. The highest BCUT2D eigenvalue weighted by Gasteiger charge is 2.13. The summed E-state index contributed by atoms with van der Waals surface area (Å²) in [5.74, 6) is -1.16. The lowest BCUT2D eigenvalue weighted by Crippen LogP contribution is -2.19. The molecule has 1 amide bonds. The number of rotatable bonds is 5. The lowest BCUT2D eigenvalue weighted by molar-refractivity contribution is -0.143. The third-order valence-electron chi connectivity index (χ3n) is 3.42. The number of fused-ring (bicyclic) bond motifs is 1. The monoisotopic (exact) mass is 362 g/mol. The maximum atomic E-state index is 13.5. The number of aromatic nitrogens is 1. The predicted molar refractivity (Wildman–Crippen MR) is 89.6 cm³/mol. The second-order valence-corrected chi connectivity index (χ2v) is 6.11. The van der Waals surface area contributed by atoms with Crippen LogP contribution in [0.15, 0.2) is 46.0 Å². The molecule has 8 heteroatoms. The van der Waals surface area contributed by atoms with Crippen LogP contribution in [0.4, 0.5) is 4.39 Å². The molecule has 0 fully saturated rings. The van der Waals surface area contributed by atoms with Crippen molar-refractivity contribution in [2.75, 3.05) is 6.61 Å². The average Bonchev–Trinajstić information content (AvgIpc) is 3.20. The van der Waals surface area contributed by atoms with E-state index in [0.29, 0.717) is 21.6 Å². The Morgan fingerprint density at radius 3 is 2.92 bits per heavy atom. The van der Waals surface area contributed by atoms with Gasteiger partial charge in [0.15, 0.2) is 10.6 Å². The van der Waals surface area contributed by atoms with Gasteiger partial charge in [-0.05, 0) is 37.3 Å². The van der Waals surface area contributed by atoms with E-state index in [1.165, 1.54) is 35.8 Å². The van der Waals surface area contributed by atoms with Crippen molar-refractivity contribution in [1.82, 2.24) is 4.57 Å². The molecule has 0 spiro atoms.